The Balaban J connectivity index is 0.000000133. The van der Waals surface area contributed by atoms with Crippen LogP contribution in [-0.2, 0) is 0 Å². The van der Waals surface area contributed by atoms with Gasteiger partial charge in [0.05, 0.1) is 5.52 Å². The quantitative estimate of drug-likeness (QED) is 0.329. The first-order valence-electron chi connectivity index (χ1n) is 6.74. The minimum Gasteiger partial charge on any atom is -0.256 e. The third kappa shape index (κ3) is 3.34. The van der Waals surface area contributed by atoms with E-state index < -0.39 is 0 Å². The van der Waals surface area contributed by atoms with Crippen LogP contribution >= 0.6 is 31.9 Å². The third-order valence-electron chi connectivity index (χ3n) is 3.21. The van der Waals surface area contributed by atoms with Gasteiger partial charge in [0.25, 0.3) is 0 Å². The van der Waals surface area contributed by atoms with Gasteiger partial charge in [0.1, 0.15) is 4.60 Å². The van der Waals surface area contributed by atoms with Crippen molar-refractivity contribution < 1.29 is 0 Å². The van der Waals surface area contributed by atoms with Crippen LogP contribution < -0.4 is 0 Å². The molecule has 108 valence electrons. The second-order valence-electron chi connectivity index (χ2n) is 4.64. The van der Waals surface area contributed by atoms with Crippen LogP contribution in [0.2, 0.25) is 0 Å². The summed E-state index contributed by atoms with van der Waals surface area (Å²) in [6.45, 7) is 0. The number of rotatable bonds is 0. The van der Waals surface area contributed by atoms with Crippen LogP contribution in [0.4, 0.5) is 0 Å². The predicted octanol–water partition coefficient (Wildman–Crippen LogP) is 5.99. The Bertz CT molecular complexity index is 817. The van der Waals surface area contributed by atoms with E-state index in [9.17, 15) is 0 Å². The summed E-state index contributed by atoms with van der Waals surface area (Å²) in [6.07, 6.45) is 3.61. The summed E-state index contributed by atoms with van der Waals surface area (Å²) >= 11 is 6.85. The number of pyridine rings is 2. The third-order valence-corrected chi connectivity index (χ3v) is 4.47. The highest BCUT2D eigenvalue weighted by molar-refractivity contribution is 9.11. The first-order valence-corrected chi connectivity index (χ1v) is 8.33. The maximum Gasteiger partial charge on any atom is 0.113 e. The van der Waals surface area contributed by atoms with E-state index >= 15 is 0 Å². The minimum atomic E-state index is 0.890. The van der Waals surface area contributed by atoms with Crippen molar-refractivity contribution >= 4 is 53.5 Å². The fourth-order valence-corrected chi connectivity index (χ4v) is 3.04. The zero-order valence-corrected chi connectivity index (χ0v) is 14.8. The fraction of sp³-hybridized carbons (Fsp3) is 0. The lowest BCUT2D eigenvalue weighted by atomic mass is 10.2. The van der Waals surface area contributed by atoms with Gasteiger partial charge in [0.15, 0.2) is 0 Å². The second-order valence-corrected chi connectivity index (χ2v) is 6.24. The van der Waals surface area contributed by atoms with Crippen molar-refractivity contribution in [1.29, 1.82) is 0 Å². The van der Waals surface area contributed by atoms with Gasteiger partial charge in [-0.1, -0.05) is 48.5 Å². The SMILES string of the molecule is Brc1cnc(Br)c2ccccc12.c1ccc2ncccc2c1. The lowest BCUT2D eigenvalue weighted by Gasteiger charge is -2.00. The molecule has 4 rings (SSSR count). The minimum absolute atomic E-state index is 0.890. The van der Waals surface area contributed by atoms with Gasteiger partial charge >= 0.3 is 0 Å². The van der Waals surface area contributed by atoms with E-state index in [0.29, 0.717) is 0 Å². The Morgan fingerprint density at radius 1 is 0.682 bits per heavy atom. The highest BCUT2D eigenvalue weighted by atomic mass is 79.9. The molecule has 0 aliphatic rings. The zero-order valence-electron chi connectivity index (χ0n) is 11.6. The number of halogens is 2. The molecule has 2 aromatic carbocycles. The zero-order chi connectivity index (χ0) is 15.4. The summed E-state index contributed by atoms with van der Waals surface area (Å²) in [5, 5.41) is 3.51. The van der Waals surface area contributed by atoms with Crippen molar-refractivity contribution in [3.05, 3.63) is 82.1 Å². The number of para-hydroxylation sites is 1. The van der Waals surface area contributed by atoms with Crippen molar-refractivity contribution in [1.82, 2.24) is 9.97 Å². The Hall–Kier alpha value is -1.78. The van der Waals surface area contributed by atoms with E-state index in [1.54, 1.807) is 6.20 Å². The van der Waals surface area contributed by atoms with Gasteiger partial charge in [0, 0.05) is 33.0 Å². The van der Waals surface area contributed by atoms with Crippen LogP contribution in [0.25, 0.3) is 21.7 Å². The molecule has 0 saturated carbocycles. The second kappa shape index (κ2) is 6.99. The van der Waals surface area contributed by atoms with E-state index in [1.165, 1.54) is 10.8 Å². The molecule has 0 radical (unpaired) electrons. The summed E-state index contributed by atoms with van der Waals surface area (Å²) in [6, 6.07) is 20.2. The Morgan fingerprint density at radius 3 is 2.14 bits per heavy atom. The molecule has 0 atom stereocenters. The molecule has 22 heavy (non-hydrogen) atoms. The molecule has 0 bridgehead atoms. The highest BCUT2D eigenvalue weighted by Gasteiger charge is 2.01. The number of aromatic nitrogens is 2. The van der Waals surface area contributed by atoms with E-state index in [0.717, 1.165) is 20.0 Å². The van der Waals surface area contributed by atoms with Gasteiger partial charge in [-0.2, -0.15) is 0 Å². The smallest absolute Gasteiger partial charge is 0.113 e. The van der Waals surface area contributed by atoms with Crippen LogP contribution in [0.15, 0.2) is 82.1 Å². The molecule has 0 fully saturated rings. The van der Waals surface area contributed by atoms with E-state index in [-0.39, 0.29) is 0 Å². The molecule has 2 aromatic heterocycles. The van der Waals surface area contributed by atoms with Gasteiger partial charge in [-0.25, -0.2) is 4.98 Å². The fourth-order valence-electron chi connectivity index (χ4n) is 2.14. The predicted molar refractivity (Wildman–Crippen MR) is 98.9 cm³/mol. The lowest BCUT2D eigenvalue weighted by molar-refractivity contribution is 1.30. The highest BCUT2D eigenvalue weighted by Crippen LogP contribution is 2.27. The van der Waals surface area contributed by atoms with Crippen LogP contribution in [0.5, 0.6) is 0 Å². The average molecular weight is 416 g/mol. The van der Waals surface area contributed by atoms with Crippen molar-refractivity contribution in [2.75, 3.05) is 0 Å². The standard InChI is InChI=1S/C9H5Br2N.C9H7N/c10-8-5-12-9(11)7-4-2-1-3-6(7)8;1-2-6-9-8(4-1)5-3-7-10-9/h1-5H;1-7H. The van der Waals surface area contributed by atoms with Gasteiger partial charge in [-0.05, 0) is 44.0 Å². The number of hydrogen-bond donors (Lipinski definition) is 0. The van der Waals surface area contributed by atoms with E-state index in [1.807, 2.05) is 48.7 Å². The van der Waals surface area contributed by atoms with E-state index in [4.69, 9.17) is 0 Å². The molecule has 0 spiro atoms. The molecule has 2 nitrogen and oxygen atoms in total. The Morgan fingerprint density at radius 2 is 1.36 bits per heavy atom. The van der Waals surface area contributed by atoms with Gasteiger partial charge < -0.3 is 0 Å². The van der Waals surface area contributed by atoms with Crippen molar-refractivity contribution in [2.24, 2.45) is 0 Å². The van der Waals surface area contributed by atoms with Crippen LogP contribution in [0, 0.1) is 0 Å². The molecule has 4 heteroatoms. The van der Waals surface area contributed by atoms with Crippen molar-refractivity contribution in [3.63, 3.8) is 0 Å². The summed E-state index contributed by atoms with van der Waals surface area (Å²) in [7, 11) is 0. The first kappa shape index (κ1) is 15.1. The normalized spacial score (nSPS) is 10.3. The molecule has 2 heterocycles. The molecule has 0 aliphatic carbocycles. The molecule has 0 aliphatic heterocycles. The van der Waals surface area contributed by atoms with Gasteiger partial charge in [-0.3, -0.25) is 4.98 Å². The molecule has 0 unspecified atom stereocenters. The summed E-state index contributed by atoms with van der Waals surface area (Å²) < 4.78 is 1.92. The van der Waals surface area contributed by atoms with Crippen LogP contribution in [0.1, 0.15) is 0 Å². The topological polar surface area (TPSA) is 25.8 Å². The Labute approximate surface area is 145 Å². The van der Waals surface area contributed by atoms with Crippen molar-refractivity contribution in [3.8, 4) is 0 Å². The molecule has 0 amide bonds. The van der Waals surface area contributed by atoms with E-state index in [2.05, 4.69) is 60.0 Å². The van der Waals surface area contributed by atoms with Gasteiger partial charge in [-0.15, -0.1) is 0 Å². The number of benzene rings is 2. The molecule has 4 aromatic rings. The average Bonchev–Trinajstić information content (AvgIpc) is 2.59. The molecular weight excluding hydrogens is 404 g/mol. The number of fused-ring (bicyclic) bond motifs is 2. The van der Waals surface area contributed by atoms with Crippen LogP contribution in [-0.4, -0.2) is 9.97 Å². The molecule has 0 saturated heterocycles. The lowest BCUT2D eigenvalue weighted by Crippen LogP contribution is -1.79. The number of nitrogens with zero attached hydrogens (tertiary/aromatic N) is 2. The summed E-state index contributed by atoms with van der Waals surface area (Å²) in [5.74, 6) is 0. The Kier molecular flexibility index (Phi) is 4.80. The van der Waals surface area contributed by atoms with Crippen molar-refractivity contribution in [2.45, 2.75) is 0 Å². The summed E-state index contributed by atoms with van der Waals surface area (Å²) in [4.78, 5) is 8.36. The maximum absolute atomic E-state index is 4.18. The van der Waals surface area contributed by atoms with Crippen LogP contribution in [0.3, 0.4) is 0 Å². The monoisotopic (exact) mass is 414 g/mol. The van der Waals surface area contributed by atoms with Gasteiger partial charge in [0.2, 0.25) is 0 Å². The number of hydrogen-bond acceptors (Lipinski definition) is 2. The molecular formula is C18H12Br2N2. The molecule has 0 N–H and O–H groups in total. The first-order chi connectivity index (χ1) is 10.8. The largest absolute Gasteiger partial charge is 0.256 e. The maximum atomic E-state index is 4.18. The summed E-state index contributed by atoms with van der Waals surface area (Å²) in [5.41, 5.74) is 1.06.